The van der Waals surface area contributed by atoms with Gasteiger partial charge in [0.15, 0.2) is 0 Å². The van der Waals surface area contributed by atoms with E-state index in [1.165, 1.54) is 36.8 Å². The molecule has 11 heteroatoms. The number of benzene rings is 2. The molecule has 0 spiro atoms. The summed E-state index contributed by atoms with van der Waals surface area (Å²) < 4.78 is 14.6. The van der Waals surface area contributed by atoms with Gasteiger partial charge < -0.3 is 21.5 Å². The van der Waals surface area contributed by atoms with Crippen molar-refractivity contribution in [3.05, 3.63) is 58.5 Å². The van der Waals surface area contributed by atoms with Crippen molar-refractivity contribution in [2.24, 2.45) is 5.73 Å². The lowest BCUT2D eigenvalue weighted by atomic mass is 9.94. The Morgan fingerprint density at radius 3 is 2.61 bits per heavy atom. The molecule has 1 saturated carbocycles. The number of fused-ring (bicyclic) bond motifs is 2. The van der Waals surface area contributed by atoms with E-state index in [0.717, 1.165) is 30.6 Å². The van der Waals surface area contributed by atoms with Gasteiger partial charge in [0, 0.05) is 31.6 Å². The Bertz CT molecular complexity index is 1520. The van der Waals surface area contributed by atoms with E-state index >= 15 is 0 Å². The number of anilines is 3. The molecule has 216 valence electrons. The first kappa shape index (κ1) is 28.4. The molecule has 10 nitrogen and oxygen atoms in total. The maximum atomic E-state index is 14.6. The molecule has 41 heavy (non-hydrogen) atoms. The zero-order valence-electron chi connectivity index (χ0n) is 23.3. The summed E-state index contributed by atoms with van der Waals surface area (Å²) >= 11 is 0. The summed E-state index contributed by atoms with van der Waals surface area (Å²) in [6.07, 6.45) is 6.12. The third-order valence-corrected chi connectivity index (χ3v) is 8.01. The van der Waals surface area contributed by atoms with E-state index in [0.29, 0.717) is 65.6 Å². The minimum Gasteiger partial charge on any atom is -0.478 e. The van der Waals surface area contributed by atoms with Crippen LogP contribution in [0.5, 0.6) is 0 Å². The molecular formula is C30H35FN6O4. The number of rotatable bonds is 10. The van der Waals surface area contributed by atoms with Crippen molar-refractivity contribution in [2.75, 3.05) is 42.7 Å². The number of pyridine rings is 1. The normalized spacial score (nSPS) is 15.6. The number of carbonyl (C=O) groups excluding carboxylic acids is 2. The summed E-state index contributed by atoms with van der Waals surface area (Å²) in [6, 6.07) is 7.33. The smallest absolute Gasteiger partial charge is 0.335 e. The number of nitrogens with one attached hydrogen (secondary N) is 2. The first-order valence-electron chi connectivity index (χ1n) is 14.0. The Hall–Kier alpha value is -4.09. The van der Waals surface area contributed by atoms with E-state index in [1.54, 1.807) is 7.05 Å². The van der Waals surface area contributed by atoms with Crippen molar-refractivity contribution in [1.82, 2.24) is 9.88 Å². The van der Waals surface area contributed by atoms with E-state index in [2.05, 4.69) is 20.5 Å². The monoisotopic (exact) mass is 562 g/mol. The largest absolute Gasteiger partial charge is 0.478 e. The van der Waals surface area contributed by atoms with Crippen molar-refractivity contribution >= 4 is 45.7 Å². The summed E-state index contributed by atoms with van der Waals surface area (Å²) in [7, 11) is 3.61. The van der Waals surface area contributed by atoms with Crippen LogP contribution < -0.4 is 21.3 Å². The van der Waals surface area contributed by atoms with E-state index in [4.69, 9.17) is 5.73 Å². The fraction of sp³-hybridized carbons (Fsp3) is 0.400. The van der Waals surface area contributed by atoms with Gasteiger partial charge in [-0.3, -0.25) is 14.5 Å². The minimum atomic E-state index is -1.10. The quantitative estimate of drug-likeness (QED) is 0.208. The minimum absolute atomic E-state index is 0.0465. The van der Waals surface area contributed by atoms with Crippen molar-refractivity contribution in [3.63, 3.8) is 0 Å². The summed E-state index contributed by atoms with van der Waals surface area (Å²) in [5.41, 5.74) is 7.67. The summed E-state index contributed by atoms with van der Waals surface area (Å²) in [5.74, 6) is -2.84. The van der Waals surface area contributed by atoms with E-state index in [1.807, 2.05) is 7.05 Å². The first-order chi connectivity index (χ1) is 19.7. The van der Waals surface area contributed by atoms with Crippen LogP contribution >= 0.6 is 0 Å². The zero-order valence-corrected chi connectivity index (χ0v) is 23.3. The van der Waals surface area contributed by atoms with Crippen LogP contribution in [0.25, 0.3) is 10.9 Å². The van der Waals surface area contributed by atoms with Gasteiger partial charge in [-0.15, -0.1) is 0 Å². The second-order valence-electron chi connectivity index (χ2n) is 10.7. The van der Waals surface area contributed by atoms with Crippen LogP contribution in [0, 0.1) is 5.82 Å². The summed E-state index contributed by atoms with van der Waals surface area (Å²) in [5, 5.41) is 16.2. The molecule has 0 bridgehead atoms. The van der Waals surface area contributed by atoms with Gasteiger partial charge in [-0.05, 0) is 68.8 Å². The lowest BCUT2D eigenvalue weighted by Crippen LogP contribution is -2.35. The number of aromatic nitrogens is 1. The Kier molecular flexibility index (Phi) is 8.18. The molecule has 0 saturated heterocycles. The first-order valence-corrected chi connectivity index (χ1v) is 14.0. The SMILES string of the molecule is CNc1cc(F)cc2c(NCCCN)c3c(nc12)C(=O)N(c1ccc(C(=O)O)cc1CN(C)C1CCCCC1)C3=O. The lowest BCUT2D eigenvalue weighted by Gasteiger charge is -2.32. The topological polar surface area (TPSA) is 141 Å². The van der Waals surface area contributed by atoms with Crippen molar-refractivity contribution in [1.29, 1.82) is 0 Å². The van der Waals surface area contributed by atoms with E-state index < -0.39 is 23.6 Å². The molecule has 1 aliphatic carbocycles. The highest BCUT2D eigenvalue weighted by atomic mass is 19.1. The number of imide groups is 1. The lowest BCUT2D eigenvalue weighted by molar-refractivity contribution is 0.0696. The summed E-state index contributed by atoms with van der Waals surface area (Å²) in [4.78, 5) is 47.6. The summed E-state index contributed by atoms with van der Waals surface area (Å²) in [6.45, 7) is 1.17. The maximum Gasteiger partial charge on any atom is 0.335 e. The molecule has 5 rings (SSSR count). The predicted octanol–water partition coefficient (Wildman–Crippen LogP) is 4.44. The van der Waals surface area contributed by atoms with Crippen molar-refractivity contribution in [2.45, 2.75) is 51.1 Å². The van der Waals surface area contributed by atoms with Gasteiger partial charge >= 0.3 is 5.97 Å². The van der Waals surface area contributed by atoms with Gasteiger partial charge in [-0.2, -0.15) is 0 Å². The molecule has 1 fully saturated rings. The van der Waals surface area contributed by atoms with Crippen LogP contribution in [0.4, 0.5) is 21.5 Å². The number of hydrogen-bond donors (Lipinski definition) is 4. The number of carbonyl (C=O) groups is 3. The fourth-order valence-electron chi connectivity index (χ4n) is 5.90. The van der Waals surface area contributed by atoms with Gasteiger partial charge in [-0.1, -0.05) is 19.3 Å². The number of aromatic carboxylic acids is 1. The number of hydrogen-bond acceptors (Lipinski definition) is 8. The molecule has 2 heterocycles. The highest BCUT2D eigenvalue weighted by molar-refractivity contribution is 6.37. The van der Waals surface area contributed by atoms with Crippen LogP contribution in [0.2, 0.25) is 0 Å². The van der Waals surface area contributed by atoms with Crippen molar-refractivity contribution in [3.8, 4) is 0 Å². The number of carboxylic acid groups (broad SMARTS) is 1. The molecule has 2 aromatic carbocycles. The Morgan fingerprint density at radius 1 is 1.17 bits per heavy atom. The number of nitrogens with zero attached hydrogens (tertiary/aromatic N) is 3. The number of halogens is 1. The molecule has 1 aromatic heterocycles. The average Bonchev–Trinajstić information content (AvgIpc) is 3.21. The molecule has 0 unspecified atom stereocenters. The second-order valence-corrected chi connectivity index (χ2v) is 10.7. The highest BCUT2D eigenvalue weighted by Crippen LogP contribution is 2.40. The molecule has 2 amide bonds. The molecule has 2 aliphatic rings. The average molecular weight is 563 g/mol. The second kappa shape index (κ2) is 11.8. The van der Waals surface area contributed by atoms with Crippen LogP contribution in [-0.4, -0.2) is 66.0 Å². The van der Waals surface area contributed by atoms with Gasteiger partial charge in [0.2, 0.25) is 0 Å². The van der Waals surface area contributed by atoms with E-state index in [9.17, 15) is 23.9 Å². The Labute approximate surface area is 237 Å². The fourth-order valence-corrected chi connectivity index (χ4v) is 5.90. The third-order valence-electron chi connectivity index (χ3n) is 8.01. The van der Waals surface area contributed by atoms with Crippen LogP contribution in [0.15, 0.2) is 30.3 Å². The molecular weight excluding hydrogens is 527 g/mol. The van der Waals surface area contributed by atoms with Crippen LogP contribution in [0.3, 0.4) is 0 Å². The predicted molar refractivity (Wildman–Crippen MR) is 156 cm³/mol. The number of nitrogens with two attached hydrogens (primary N) is 1. The van der Waals surface area contributed by atoms with Gasteiger partial charge in [0.1, 0.15) is 11.5 Å². The van der Waals surface area contributed by atoms with Gasteiger partial charge in [-0.25, -0.2) is 19.1 Å². The molecule has 1 aliphatic heterocycles. The Morgan fingerprint density at radius 2 is 1.93 bits per heavy atom. The Balaban J connectivity index is 1.63. The molecule has 0 atom stereocenters. The maximum absolute atomic E-state index is 14.6. The van der Waals surface area contributed by atoms with Crippen LogP contribution in [0.1, 0.15) is 75.3 Å². The highest BCUT2D eigenvalue weighted by Gasteiger charge is 2.42. The van der Waals surface area contributed by atoms with Gasteiger partial charge in [0.25, 0.3) is 11.8 Å². The van der Waals surface area contributed by atoms with E-state index in [-0.39, 0.29) is 16.8 Å². The molecule has 0 radical (unpaired) electrons. The number of carboxylic acids is 1. The third kappa shape index (κ3) is 5.34. The molecule has 3 aromatic rings. The zero-order chi connectivity index (χ0) is 29.3. The molecule has 5 N–H and O–H groups in total. The van der Waals surface area contributed by atoms with Crippen molar-refractivity contribution < 1.29 is 23.9 Å². The number of amides is 2. The van der Waals surface area contributed by atoms with Crippen LogP contribution in [-0.2, 0) is 6.54 Å². The van der Waals surface area contributed by atoms with Gasteiger partial charge in [0.05, 0.1) is 33.7 Å². The standard InChI is InChI=1S/C30H35FN6O4/c1-33-22-15-19(31)14-21-25(22)35-27-24(26(21)34-12-6-11-32)28(38)37(29(27)39)23-10-9-17(30(40)41)13-18(23)16-36(2)20-7-4-3-5-8-20/h9-10,13-15,20,33H,3-8,11-12,16,32H2,1-2H3,(H,34,35)(H,40,41).